The fourth-order valence-electron chi connectivity index (χ4n) is 2.74. The van der Waals surface area contributed by atoms with E-state index in [-0.39, 0.29) is 30.4 Å². The van der Waals surface area contributed by atoms with E-state index in [4.69, 9.17) is 15.6 Å². The lowest BCUT2D eigenvalue weighted by molar-refractivity contribution is -0.149. The fourth-order valence-corrected chi connectivity index (χ4v) is 2.74. The van der Waals surface area contributed by atoms with Gasteiger partial charge < -0.3 is 20.5 Å². The summed E-state index contributed by atoms with van der Waals surface area (Å²) in [7, 11) is 0. The Morgan fingerprint density at radius 2 is 2.17 bits per heavy atom. The van der Waals surface area contributed by atoms with E-state index in [0.29, 0.717) is 19.7 Å². The second-order valence-corrected chi connectivity index (χ2v) is 5.14. The molecular weight excluding hydrogens is 236 g/mol. The summed E-state index contributed by atoms with van der Waals surface area (Å²) in [6.45, 7) is 1.36. The number of aliphatic carboxylic acids is 1. The van der Waals surface area contributed by atoms with Crippen LogP contribution in [0.1, 0.15) is 25.7 Å². The van der Waals surface area contributed by atoms with E-state index in [1.165, 1.54) is 0 Å². The highest BCUT2D eigenvalue weighted by Gasteiger charge is 2.33. The van der Waals surface area contributed by atoms with Crippen LogP contribution in [0.5, 0.6) is 0 Å². The first-order chi connectivity index (χ1) is 8.56. The Morgan fingerprint density at radius 3 is 2.78 bits per heavy atom. The van der Waals surface area contributed by atoms with Gasteiger partial charge in [0.05, 0.1) is 19.1 Å². The number of amides is 1. The third kappa shape index (κ3) is 3.20. The van der Waals surface area contributed by atoms with Crippen molar-refractivity contribution in [2.45, 2.75) is 37.8 Å². The van der Waals surface area contributed by atoms with Crippen molar-refractivity contribution < 1.29 is 19.4 Å². The van der Waals surface area contributed by atoms with Crippen LogP contribution >= 0.6 is 0 Å². The first kappa shape index (κ1) is 13.3. The molecule has 18 heavy (non-hydrogen) atoms. The molecule has 1 saturated carbocycles. The number of carbonyl (C=O) groups is 2. The molecule has 2 rings (SSSR count). The summed E-state index contributed by atoms with van der Waals surface area (Å²) < 4.78 is 5.35. The second-order valence-electron chi connectivity index (χ2n) is 5.14. The molecule has 0 bridgehead atoms. The summed E-state index contributed by atoms with van der Waals surface area (Å²) in [5, 5.41) is 8.74. The maximum atomic E-state index is 12.2. The van der Waals surface area contributed by atoms with E-state index in [0.717, 1.165) is 19.3 Å². The molecule has 0 aromatic carbocycles. The van der Waals surface area contributed by atoms with Crippen LogP contribution in [0.25, 0.3) is 0 Å². The molecule has 1 amide bonds. The van der Waals surface area contributed by atoms with Crippen molar-refractivity contribution in [1.29, 1.82) is 0 Å². The van der Waals surface area contributed by atoms with Gasteiger partial charge >= 0.3 is 5.97 Å². The Kier molecular flexibility index (Phi) is 4.19. The molecule has 3 N–H and O–H groups in total. The van der Waals surface area contributed by atoms with E-state index >= 15 is 0 Å². The van der Waals surface area contributed by atoms with Crippen molar-refractivity contribution in [3.8, 4) is 0 Å². The summed E-state index contributed by atoms with van der Waals surface area (Å²) in [5.41, 5.74) is 5.81. The van der Waals surface area contributed by atoms with Crippen molar-refractivity contribution in [1.82, 2.24) is 4.90 Å². The highest BCUT2D eigenvalue weighted by Crippen LogP contribution is 2.26. The Labute approximate surface area is 106 Å². The van der Waals surface area contributed by atoms with Gasteiger partial charge in [-0.1, -0.05) is 0 Å². The first-order valence-electron chi connectivity index (χ1n) is 6.44. The Morgan fingerprint density at radius 1 is 1.39 bits per heavy atom. The lowest BCUT2D eigenvalue weighted by Gasteiger charge is -2.33. The highest BCUT2D eigenvalue weighted by atomic mass is 16.5. The van der Waals surface area contributed by atoms with Crippen molar-refractivity contribution in [3.05, 3.63) is 0 Å². The van der Waals surface area contributed by atoms with Gasteiger partial charge in [0.1, 0.15) is 0 Å². The van der Waals surface area contributed by atoms with Crippen molar-refractivity contribution in [2.75, 3.05) is 19.7 Å². The van der Waals surface area contributed by atoms with Gasteiger partial charge in [-0.25, -0.2) is 0 Å². The van der Waals surface area contributed by atoms with Gasteiger partial charge in [0.2, 0.25) is 5.91 Å². The highest BCUT2D eigenvalue weighted by molar-refractivity contribution is 5.79. The third-order valence-electron chi connectivity index (χ3n) is 3.68. The molecule has 0 spiro atoms. The maximum absolute atomic E-state index is 12.2. The molecule has 1 aliphatic heterocycles. The number of carbonyl (C=O) groups excluding carboxylic acids is 1. The molecule has 3 unspecified atom stereocenters. The standard InChI is InChI=1S/C12H20N2O4/c13-9-2-1-8(5-9)12(17)14-3-4-18-10(7-14)6-11(15)16/h8-10H,1-7,13H2,(H,15,16). The Bertz CT molecular complexity index is 334. The van der Waals surface area contributed by atoms with Crippen LogP contribution in [-0.4, -0.2) is 53.7 Å². The lowest BCUT2D eigenvalue weighted by atomic mass is 10.1. The summed E-state index contributed by atoms with van der Waals surface area (Å²) in [4.78, 5) is 24.6. The summed E-state index contributed by atoms with van der Waals surface area (Å²) in [6, 6.07) is 0.134. The van der Waals surface area contributed by atoms with Gasteiger partial charge in [0.15, 0.2) is 0 Å². The molecule has 0 radical (unpaired) electrons. The quantitative estimate of drug-likeness (QED) is 0.730. The van der Waals surface area contributed by atoms with E-state index in [1.807, 2.05) is 0 Å². The SMILES string of the molecule is NC1CCC(C(=O)N2CCOC(CC(=O)O)C2)C1. The number of carboxylic acid groups (broad SMARTS) is 1. The molecule has 6 nitrogen and oxygen atoms in total. The van der Waals surface area contributed by atoms with Gasteiger partial charge in [0.25, 0.3) is 0 Å². The van der Waals surface area contributed by atoms with Crippen LogP contribution in [0.2, 0.25) is 0 Å². The van der Waals surface area contributed by atoms with E-state index < -0.39 is 5.97 Å². The predicted molar refractivity (Wildman–Crippen MR) is 63.9 cm³/mol. The number of carboxylic acids is 1. The Hall–Kier alpha value is -1.14. The van der Waals surface area contributed by atoms with Crippen LogP contribution < -0.4 is 5.73 Å². The molecule has 0 aromatic rings. The number of hydrogen-bond donors (Lipinski definition) is 2. The lowest BCUT2D eigenvalue weighted by Crippen LogP contribution is -2.48. The second kappa shape index (κ2) is 5.67. The molecule has 1 aliphatic carbocycles. The molecule has 2 fully saturated rings. The molecule has 0 aromatic heterocycles. The molecule has 1 saturated heterocycles. The minimum Gasteiger partial charge on any atom is -0.481 e. The average molecular weight is 256 g/mol. The Balaban J connectivity index is 1.88. The smallest absolute Gasteiger partial charge is 0.306 e. The molecule has 1 heterocycles. The molecule has 2 aliphatic rings. The minimum absolute atomic E-state index is 0.0172. The van der Waals surface area contributed by atoms with Gasteiger partial charge in [-0.05, 0) is 19.3 Å². The summed E-state index contributed by atoms with van der Waals surface area (Å²) in [6.07, 6.45) is 2.07. The molecule has 102 valence electrons. The van der Waals surface area contributed by atoms with Gasteiger partial charge in [-0.2, -0.15) is 0 Å². The molecular formula is C12H20N2O4. The largest absolute Gasteiger partial charge is 0.481 e. The zero-order valence-corrected chi connectivity index (χ0v) is 10.4. The number of hydrogen-bond acceptors (Lipinski definition) is 4. The third-order valence-corrected chi connectivity index (χ3v) is 3.68. The molecule has 3 atom stereocenters. The normalized spacial score (nSPS) is 32.5. The van der Waals surface area contributed by atoms with Gasteiger partial charge in [-0.3, -0.25) is 9.59 Å². The monoisotopic (exact) mass is 256 g/mol. The summed E-state index contributed by atoms with van der Waals surface area (Å²) >= 11 is 0. The predicted octanol–water partition coefficient (Wildman–Crippen LogP) is -0.184. The van der Waals surface area contributed by atoms with Crippen LogP contribution in [0.4, 0.5) is 0 Å². The number of morpholine rings is 1. The van der Waals surface area contributed by atoms with Gasteiger partial charge in [-0.15, -0.1) is 0 Å². The maximum Gasteiger partial charge on any atom is 0.306 e. The number of ether oxygens (including phenoxy) is 1. The summed E-state index contributed by atoms with van der Waals surface area (Å²) in [5.74, 6) is -0.762. The van der Waals surface area contributed by atoms with E-state index in [1.54, 1.807) is 4.90 Å². The zero-order chi connectivity index (χ0) is 13.1. The van der Waals surface area contributed by atoms with Crippen molar-refractivity contribution in [3.63, 3.8) is 0 Å². The zero-order valence-electron chi connectivity index (χ0n) is 10.4. The minimum atomic E-state index is -0.891. The molecule has 6 heteroatoms. The average Bonchev–Trinajstić information content (AvgIpc) is 2.74. The van der Waals surface area contributed by atoms with Crippen LogP contribution in [0, 0.1) is 5.92 Å². The van der Waals surface area contributed by atoms with Crippen molar-refractivity contribution in [2.24, 2.45) is 11.7 Å². The van der Waals surface area contributed by atoms with Gasteiger partial charge in [0, 0.05) is 25.0 Å². The van der Waals surface area contributed by atoms with E-state index in [2.05, 4.69) is 0 Å². The number of nitrogens with two attached hydrogens (primary N) is 1. The van der Waals surface area contributed by atoms with Crippen LogP contribution in [0.15, 0.2) is 0 Å². The topological polar surface area (TPSA) is 92.9 Å². The first-order valence-corrected chi connectivity index (χ1v) is 6.44. The number of rotatable bonds is 3. The fraction of sp³-hybridized carbons (Fsp3) is 0.833. The van der Waals surface area contributed by atoms with Crippen molar-refractivity contribution >= 4 is 11.9 Å². The number of nitrogens with zero attached hydrogens (tertiary/aromatic N) is 1. The van der Waals surface area contributed by atoms with Crippen LogP contribution in [0.3, 0.4) is 0 Å². The van der Waals surface area contributed by atoms with Crippen LogP contribution in [-0.2, 0) is 14.3 Å². The van der Waals surface area contributed by atoms with E-state index in [9.17, 15) is 9.59 Å².